The quantitative estimate of drug-likeness (QED) is 0.202. The van der Waals surface area contributed by atoms with Crippen LogP contribution in [0.5, 0.6) is 5.75 Å². The van der Waals surface area contributed by atoms with Crippen molar-refractivity contribution in [2.45, 2.75) is 49.0 Å². The number of esters is 1. The van der Waals surface area contributed by atoms with Gasteiger partial charge in [-0.15, -0.1) is 0 Å². The molecule has 0 N–H and O–H groups in total. The summed E-state index contributed by atoms with van der Waals surface area (Å²) in [6, 6.07) is 19.2. The van der Waals surface area contributed by atoms with Gasteiger partial charge in [-0.3, -0.25) is 0 Å². The van der Waals surface area contributed by atoms with Gasteiger partial charge in [-0.1, -0.05) is 30.3 Å². The molecular formula is C28H27IO3S. The molecule has 0 saturated carbocycles. The van der Waals surface area contributed by atoms with Crippen LogP contribution in [0.15, 0.2) is 69.8 Å². The van der Waals surface area contributed by atoms with Gasteiger partial charge in [-0.05, 0) is 125 Å². The molecule has 2 atom stereocenters. The van der Waals surface area contributed by atoms with E-state index in [4.69, 9.17) is 9.47 Å². The van der Waals surface area contributed by atoms with Crippen molar-refractivity contribution in [2.24, 2.45) is 0 Å². The Morgan fingerprint density at radius 3 is 2.64 bits per heavy atom. The lowest BCUT2D eigenvalue weighted by molar-refractivity contribution is -0.161. The van der Waals surface area contributed by atoms with Crippen LogP contribution in [0.1, 0.15) is 41.2 Å². The van der Waals surface area contributed by atoms with E-state index in [1.165, 1.54) is 24.5 Å². The fourth-order valence-electron chi connectivity index (χ4n) is 4.93. The molecule has 0 fully saturated rings. The molecule has 0 saturated heterocycles. The van der Waals surface area contributed by atoms with E-state index < -0.39 is 16.5 Å². The zero-order chi connectivity index (χ0) is 23.2. The highest BCUT2D eigenvalue weighted by Gasteiger charge is 2.38. The zero-order valence-corrected chi connectivity index (χ0v) is 22.1. The number of benzene rings is 3. The predicted octanol–water partition coefficient (Wildman–Crippen LogP) is 7.10. The maximum atomic E-state index is 12.8. The van der Waals surface area contributed by atoms with E-state index in [1.54, 1.807) is 0 Å². The minimum absolute atomic E-state index is 0.0899. The number of carbonyl (C=O) groups is 1. The molecule has 0 bridgehead atoms. The van der Waals surface area contributed by atoms with E-state index in [2.05, 4.69) is 96.5 Å². The van der Waals surface area contributed by atoms with Gasteiger partial charge in [0.25, 0.3) is 0 Å². The van der Waals surface area contributed by atoms with Crippen LogP contribution in [0.25, 0.3) is 6.08 Å². The van der Waals surface area contributed by atoms with E-state index in [0.29, 0.717) is 0 Å². The first-order chi connectivity index (χ1) is 15.9. The molecule has 2 aliphatic rings. The van der Waals surface area contributed by atoms with Crippen molar-refractivity contribution in [3.63, 3.8) is 0 Å². The van der Waals surface area contributed by atoms with Gasteiger partial charge in [0.1, 0.15) is 11.4 Å². The predicted molar refractivity (Wildman–Crippen MR) is 143 cm³/mol. The monoisotopic (exact) mass is 570 g/mol. The standard InChI is InChI=1S/C28H27IO3S/c1-18-15-21(33-14-12-20-7-4-5-10-25(20)33)16-19(2)27(18)31-17-26(30)32-28(3)13-11-22-23(28)8-6-9-24(22)29/h4-10,12,14-16,33H,11,13,17H2,1-3H3. The van der Waals surface area contributed by atoms with Crippen LogP contribution in [-0.2, 0) is 21.6 Å². The Morgan fingerprint density at radius 1 is 1.09 bits per heavy atom. The van der Waals surface area contributed by atoms with Gasteiger partial charge in [0, 0.05) is 8.47 Å². The highest BCUT2D eigenvalue weighted by molar-refractivity contribution is 14.1. The lowest BCUT2D eigenvalue weighted by Gasteiger charge is -2.26. The molecule has 5 heteroatoms. The molecule has 170 valence electrons. The third-order valence-electron chi connectivity index (χ3n) is 6.54. The van der Waals surface area contributed by atoms with Gasteiger partial charge in [-0.25, -0.2) is 4.79 Å². The summed E-state index contributed by atoms with van der Waals surface area (Å²) in [7, 11) is -0.495. The maximum absolute atomic E-state index is 12.8. The van der Waals surface area contributed by atoms with Crippen LogP contribution < -0.4 is 4.74 Å². The number of ether oxygens (including phenoxy) is 2. The van der Waals surface area contributed by atoms with Crippen LogP contribution in [0, 0.1) is 17.4 Å². The van der Waals surface area contributed by atoms with Gasteiger partial charge < -0.3 is 9.47 Å². The number of rotatable bonds is 5. The number of halogens is 1. The Hall–Kier alpha value is -2.25. The lowest BCUT2D eigenvalue weighted by atomic mass is 9.98. The van der Waals surface area contributed by atoms with E-state index >= 15 is 0 Å². The Labute approximate surface area is 211 Å². The SMILES string of the molecule is Cc1cc([SH]2C=Cc3ccccc32)cc(C)c1OCC(=O)OC1(C)CCc2c(I)cccc21. The molecule has 33 heavy (non-hydrogen) atoms. The van der Waals surface area contributed by atoms with Gasteiger partial charge in [0.15, 0.2) is 6.61 Å². The Bertz CT molecular complexity index is 1260. The van der Waals surface area contributed by atoms with E-state index in [1.807, 2.05) is 13.0 Å². The number of thiol groups is 1. The maximum Gasteiger partial charge on any atom is 0.345 e. The summed E-state index contributed by atoms with van der Waals surface area (Å²) in [6.45, 7) is 6.02. The number of fused-ring (bicyclic) bond motifs is 2. The largest absolute Gasteiger partial charge is 0.481 e. The molecule has 0 radical (unpaired) electrons. The molecular weight excluding hydrogens is 543 g/mol. The van der Waals surface area contributed by atoms with Crippen LogP contribution in [0.2, 0.25) is 0 Å². The van der Waals surface area contributed by atoms with Gasteiger partial charge >= 0.3 is 5.97 Å². The highest BCUT2D eigenvalue weighted by Crippen LogP contribution is 2.53. The number of carbonyl (C=O) groups excluding carboxylic acids is 1. The first kappa shape index (κ1) is 22.5. The first-order valence-corrected chi connectivity index (χ1v) is 13.6. The topological polar surface area (TPSA) is 35.5 Å². The molecule has 1 aliphatic heterocycles. The highest BCUT2D eigenvalue weighted by atomic mass is 127. The fourth-order valence-corrected chi connectivity index (χ4v) is 7.95. The molecule has 0 amide bonds. The zero-order valence-electron chi connectivity index (χ0n) is 19.0. The minimum Gasteiger partial charge on any atom is -0.481 e. The summed E-state index contributed by atoms with van der Waals surface area (Å²) < 4.78 is 13.2. The molecule has 1 aliphatic carbocycles. The second-order valence-electron chi connectivity index (χ2n) is 8.91. The average molecular weight is 570 g/mol. The molecule has 0 spiro atoms. The summed E-state index contributed by atoms with van der Waals surface area (Å²) in [6.07, 6.45) is 3.95. The Morgan fingerprint density at radius 2 is 1.85 bits per heavy atom. The van der Waals surface area contributed by atoms with Crippen molar-refractivity contribution in [1.82, 2.24) is 0 Å². The average Bonchev–Trinajstić information content (AvgIpc) is 3.35. The molecule has 1 heterocycles. The minimum atomic E-state index is -0.588. The number of hydrogen-bond acceptors (Lipinski definition) is 3. The van der Waals surface area contributed by atoms with Crippen molar-refractivity contribution in [1.29, 1.82) is 0 Å². The fraction of sp³-hybridized carbons (Fsp3) is 0.250. The van der Waals surface area contributed by atoms with Crippen LogP contribution in [-0.4, -0.2) is 12.6 Å². The van der Waals surface area contributed by atoms with E-state index in [0.717, 1.165) is 35.3 Å². The van der Waals surface area contributed by atoms with Crippen molar-refractivity contribution < 1.29 is 14.3 Å². The van der Waals surface area contributed by atoms with Crippen molar-refractivity contribution in [2.75, 3.05) is 6.61 Å². The van der Waals surface area contributed by atoms with Gasteiger partial charge in [0.2, 0.25) is 0 Å². The molecule has 5 rings (SSSR count). The van der Waals surface area contributed by atoms with Crippen LogP contribution >= 0.6 is 33.5 Å². The Balaban J connectivity index is 1.29. The van der Waals surface area contributed by atoms with Crippen LogP contribution in [0.3, 0.4) is 0 Å². The van der Waals surface area contributed by atoms with Gasteiger partial charge in [0.05, 0.1) is 0 Å². The number of aryl methyl sites for hydroxylation is 2. The number of hydrogen-bond donors (Lipinski definition) is 1. The smallest absolute Gasteiger partial charge is 0.345 e. The summed E-state index contributed by atoms with van der Waals surface area (Å²) in [5.41, 5.74) is 5.22. The summed E-state index contributed by atoms with van der Waals surface area (Å²) in [5.74, 6) is 0.442. The molecule has 0 aromatic heterocycles. The third-order valence-corrected chi connectivity index (χ3v) is 9.74. The first-order valence-electron chi connectivity index (χ1n) is 11.2. The second-order valence-corrected chi connectivity index (χ2v) is 12.1. The molecule has 3 aromatic rings. The summed E-state index contributed by atoms with van der Waals surface area (Å²) in [5, 5.41) is 2.31. The van der Waals surface area contributed by atoms with Crippen molar-refractivity contribution in [3.05, 3.63) is 91.4 Å². The normalized spacial score (nSPS) is 21.5. The summed E-state index contributed by atoms with van der Waals surface area (Å²) in [4.78, 5) is 15.5. The molecule has 3 aromatic carbocycles. The van der Waals surface area contributed by atoms with Crippen molar-refractivity contribution >= 4 is 45.5 Å². The molecule has 3 nitrogen and oxygen atoms in total. The molecule has 2 unspecified atom stereocenters. The Kier molecular flexibility index (Phi) is 6.04. The van der Waals surface area contributed by atoms with E-state index in [-0.39, 0.29) is 12.6 Å². The van der Waals surface area contributed by atoms with E-state index in [9.17, 15) is 4.79 Å². The van der Waals surface area contributed by atoms with Crippen LogP contribution in [0.4, 0.5) is 0 Å². The third kappa shape index (κ3) is 4.21. The van der Waals surface area contributed by atoms with Gasteiger partial charge in [-0.2, -0.15) is 10.9 Å². The lowest BCUT2D eigenvalue weighted by Crippen LogP contribution is -2.29. The second kappa shape index (κ2) is 8.84. The summed E-state index contributed by atoms with van der Waals surface area (Å²) >= 11 is 2.36. The van der Waals surface area contributed by atoms with Crippen molar-refractivity contribution in [3.8, 4) is 5.75 Å².